The summed E-state index contributed by atoms with van der Waals surface area (Å²) in [7, 11) is 0. The Morgan fingerprint density at radius 3 is 2.70 bits per heavy atom. The molecule has 0 atom stereocenters. The molecule has 0 aromatic carbocycles. The van der Waals surface area contributed by atoms with Gasteiger partial charge in [0.2, 0.25) is 5.12 Å². The van der Waals surface area contributed by atoms with Crippen molar-refractivity contribution in [3.8, 4) is 0 Å². The number of ether oxygens (including phenoxy) is 1. The van der Waals surface area contributed by atoms with E-state index in [2.05, 4.69) is 11.3 Å². The molecule has 56 valence electrons. The van der Waals surface area contributed by atoms with E-state index in [1.165, 1.54) is 12.3 Å². The predicted molar refractivity (Wildman–Crippen MR) is 39.4 cm³/mol. The summed E-state index contributed by atoms with van der Waals surface area (Å²) in [5.41, 5.74) is 0. The number of carbonyl (C=O) groups is 2. The van der Waals surface area contributed by atoms with Crippen LogP contribution in [-0.2, 0) is 14.3 Å². The lowest BCUT2D eigenvalue weighted by Gasteiger charge is -1.96. The molecule has 0 N–H and O–H groups in total. The van der Waals surface area contributed by atoms with Crippen LogP contribution in [0.3, 0.4) is 0 Å². The van der Waals surface area contributed by atoms with Gasteiger partial charge in [0.1, 0.15) is 0 Å². The monoisotopic (exact) mass is 160 g/mol. The van der Waals surface area contributed by atoms with Crippen molar-refractivity contribution in [3.05, 3.63) is 12.0 Å². The maximum atomic E-state index is 10.6. The first-order valence-corrected chi connectivity index (χ1v) is 3.48. The standard InChI is InChI=1S/C6H8O3S/c1-3-10-6(8)4-9-5(2)7/h3H,1,4H2,2H3. The average molecular weight is 160 g/mol. The van der Waals surface area contributed by atoms with E-state index in [1.807, 2.05) is 0 Å². The Bertz CT molecular complexity index is 153. The van der Waals surface area contributed by atoms with Gasteiger partial charge in [-0.15, -0.1) is 0 Å². The predicted octanol–water partition coefficient (Wildman–Crippen LogP) is 0.953. The molecule has 0 fully saturated rings. The zero-order valence-electron chi connectivity index (χ0n) is 5.62. The van der Waals surface area contributed by atoms with E-state index in [-0.39, 0.29) is 11.7 Å². The SMILES string of the molecule is C=CSC(=O)COC(C)=O. The molecule has 0 radical (unpaired) electrons. The van der Waals surface area contributed by atoms with Crippen LogP contribution in [-0.4, -0.2) is 17.7 Å². The first kappa shape index (κ1) is 9.23. The summed E-state index contributed by atoms with van der Waals surface area (Å²) >= 11 is 0.921. The molecule has 0 amide bonds. The van der Waals surface area contributed by atoms with Crippen LogP contribution in [0.5, 0.6) is 0 Å². The largest absolute Gasteiger partial charge is 0.457 e. The number of hydrogen-bond acceptors (Lipinski definition) is 4. The van der Waals surface area contributed by atoms with E-state index in [0.29, 0.717) is 0 Å². The molecule has 0 heterocycles. The molecule has 0 saturated heterocycles. The maximum absolute atomic E-state index is 10.6. The fourth-order valence-corrected chi connectivity index (χ4v) is 0.600. The van der Waals surface area contributed by atoms with Crippen LogP contribution >= 0.6 is 11.8 Å². The number of hydrogen-bond donors (Lipinski definition) is 0. The van der Waals surface area contributed by atoms with E-state index < -0.39 is 5.97 Å². The zero-order chi connectivity index (χ0) is 7.98. The molecule has 0 aromatic heterocycles. The van der Waals surface area contributed by atoms with E-state index in [9.17, 15) is 9.59 Å². The highest BCUT2D eigenvalue weighted by molar-refractivity contribution is 8.16. The smallest absolute Gasteiger partial charge is 0.303 e. The van der Waals surface area contributed by atoms with Gasteiger partial charge in [0.05, 0.1) is 0 Å². The number of carbonyl (C=O) groups excluding carboxylic acids is 2. The second-order valence-electron chi connectivity index (χ2n) is 1.44. The molecular formula is C6H8O3S. The third kappa shape index (κ3) is 5.37. The van der Waals surface area contributed by atoms with Gasteiger partial charge in [0, 0.05) is 6.92 Å². The normalized spacial score (nSPS) is 8.50. The minimum atomic E-state index is -0.446. The Labute approximate surface area is 63.4 Å². The van der Waals surface area contributed by atoms with Crippen molar-refractivity contribution in [3.63, 3.8) is 0 Å². The Kier molecular flexibility index (Phi) is 4.66. The molecule has 0 spiro atoms. The second-order valence-corrected chi connectivity index (χ2v) is 2.46. The maximum Gasteiger partial charge on any atom is 0.303 e. The fourth-order valence-electron chi connectivity index (χ4n) is 0.288. The molecule has 10 heavy (non-hydrogen) atoms. The molecule has 0 aliphatic rings. The van der Waals surface area contributed by atoms with Crippen molar-refractivity contribution in [2.75, 3.05) is 6.61 Å². The number of esters is 1. The number of rotatable bonds is 3. The van der Waals surface area contributed by atoms with Crippen LogP contribution in [0, 0.1) is 0 Å². The van der Waals surface area contributed by atoms with Crippen molar-refractivity contribution in [1.82, 2.24) is 0 Å². The lowest BCUT2D eigenvalue weighted by molar-refractivity contribution is -0.143. The van der Waals surface area contributed by atoms with Gasteiger partial charge in [-0.05, 0) is 5.41 Å². The van der Waals surface area contributed by atoms with Crippen molar-refractivity contribution >= 4 is 22.8 Å². The summed E-state index contributed by atoms with van der Waals surface area (Å²) in [5, 5.41) is 1.18. The molecule has 0 aromatic rings. The highest BCUT2D eigenvalue weighted by Crippen LogP contribution is 2.01. The van der Waals surface area contributed by atoms with Gasteiger partial charge in [-0.3, -0.25) is 9.59 Å². The van der Waals surface area contributed by atoms with E-state index in [0.717, 1.165) is 11.8 Å². The molecule has 0 aliphatic heterocycles. The van der Waals surface area contributed by atoms with E-state index >= 15 is 0 Å². The Balaban J connectivity index is 3.39. The highest BCUT2D eigenvalue weighted by atomic mass is 32.2. The molecule has 0 rings (SSSR count). The van der Waals surface area contributed by atoms with Gasteiger partial charge in [-0.1, -0.05) is 18.3 Å². The minimum absolute atomic E-state index is 0.175. The van der Waals surface area contributed by atoms with E-state index in [4.69, 9.17) is 0 Å². The Morgan fingerprint density at radius 1 is 1.70 bits per heavy atom. The summed E-state index contributed by atoms with van der Waals surface area (Å²) in [6.07, 6.45) is 0. The second kappa shape index (κ2) is 5.05. The van der Waals surface area contributed by atoms with Gasteiger partial charge in [0.15, 0.2) is 6.61 Å². The van der Waals surface area contributed by atoms with Crippen molar-refractivity contribution in [1.29, 1.82) is 0 Å². The lowest BCUT2D eigenvalue weighted by Crippen LogP contribution is -2.07. The first-order valence-electron chi connectivity index (χ1n) is 2.60. The van der Waals surface area contributed by atoms with Crippen LogP contribution < -0.4 is 0 Å². The Hall–Kier alpha value is -0.770. The van der Waals surface area contributed by atoms with Gasteiger partial charge >= 0.3 is 5.97 Å². The summed E-state index contributed by atoms with van der Waals surface area (Å²) in [6, 6.07) is 0. The minimum Gasteiger partial charge on any atom is -0.457 e. The third-order valence-corrected chi connectivity index (χ3v) is 1.16. The van der Waals surface area contributed by atoms with Gasteiger partial charge < -0.3 is 4.74 Å². The molecule has 0 unspecified atom stereocenters. The van der Waals surface area contributed by atoms with Crippen LogP contribution in [0.4, 0.5) is 0 Å². The summed E-state index contributed by atoms with van der Waals surface area (Å²) in [4.78, 5) is 20.7. The molecule has 3 nitrogen and oxygen atoms in total. The molecule has 4 heteroatoms. The van der Waals surface area contributed by atoms with Gasteiger partial charge in [-0.25, -0.2) is 0 Å². The first-order chi connectivity index (χ1) is 4.66. The van der Waals surface area contributed by atoms with Crippen LogP contribution in [0.1, 0.15) is 6.92 Å². The Morgan fingerprint density at radius 2 is 2.30 bits per heavy atom. The summed E-state index contributed by atoms with van der Waals surface area (Å²) < 4.78 is 4.40. The molecule has 0 aliphatic carbocycles. The third-order valence-electron chi connectivity index (χ3n) is 0.608. The van der Waals surface area contributed by atoms with Crippen LogP contribution in [0.2, 0.25) is 0 Å². The van der Waals surface area contributed by atoms with Gasteiger partial charge in [-0.2, -0.15) is 0 Å². The topological polar surface area (TPSA) is 43.4 Å². The summed E-state index contributed by atoms with van der Waals surface area (Å²) in [5.74, 6) is -0.446. The van der Waals surface area contributed by atoms with Crippen LogP contribution in [0.25, 0.3) is 0 Å². The average Bonchev–Trinajstić information content (AvgIpc) is 1.85. The van der Waals surface area contributed by atoms with Crippen molar-refractivity contribution in [2.45, 2.75) is 6.92 Å². The van der Waals surface area contributed by atoms with Crippen molar-refractivity contribution in [2.24, 2.45) is 0 Å². The quantitative estimate of drug-likeness (QED) is 0.576. The fraction of sp³-hybridized carbons (Fsp3) is 0.333. The summed E-state index contributed by atoms with van der Waals surface area (Å²) in [6.45, 7) is 4.41. The van der Waals surface area contributed by atoms with Crippen molar-refractivity contribution < 1.29 is 14.3 Å². The number of thioether (sulfide) groups is 1. The highest BCUT2D eigenvalue weighted by Gasteiger charge is 2.00. The lowest BCUT2D eigenvalue weighted by atomic mass is 10.7. The molecular weight excluding hydrogens is 152 g/mol. The molecule has 0 saturated carbocycles. The van der Waals surface area contributed by atoms with Gasteiger partial charge in [0.25, 0.3) is 0 Å². The van der Waals surface area contributed by atoms with Crippen LogP contribution in [0.15, 0.2) is 12.0 Å². The molecule has 0 bridgehead atoms. The van der Waals surface area contributed by atoms with E-state index in [1.54, 1.807) is 0 Å². The zero-order valence-corrected chi connectivity index (χ0v) is 6.44.